The molecule has 0 saturated heterocycles. The van der Waals surface area contributed by atoms with Gasteiger partial charge in [0.15, 0.2) is 0 Å². The highest BCUT2D eigenvalue weighted by atomic mass is 16.6. The Balaban J connectivity index is 1.17. The van der Waals surface area contributed by atoms with Gasteiger partial charge in [0, 0.05) is 36.0 Å². The van der Waals surface area contributed by atoms with Gasteiger partial charge in [-0.1, -0.05) is 59.7 Å². The first-order valence-electron chi connectivity index (χ1n) is 23.7. The molecule has 0 bridgehead atoms. The van der Waals surface area contributed by atoms with Crippen LogP contribution in [-0.4, -0.2) is 147 Å². The summed E-state index contributed by atoms with van der Waals surface area (Å²) in [5.74, 6) is -0.254. The molecular formula is C51H69N7O13. The predicted octanol–water partition coefficient (Wildman–Crippen LogP) is 7.06. The lowest BCUT2D eigenvalue weighted by Gasteiger charge is -2.27. The average molecular weight is 988 g/mol. The highest BCUT2D eigenvalue weighted by Gasteiger charge is 2.25. The molecule has 0 fully saturated rings. The van der Waals surface area contributed by atoms with E-state index < -0.39 is 29.6 Å². The molecule has 1 heterocycles. The third-order valence-electron chi connectivity index (χ3n) is 10.2. The number of methoxy groups -OCH3 is 1. The van der Waals surface area contributed by atoms with Crippen molar-refractivity contribution in [2.45, 2.75) is 58.6 Å². The van der Waals surface area contributed by atoms with Gasteiger partial charge in [-0.3, -0.25) is 19.3 Å². The van der Waals surface area contributed by atoms with Crippen LogP contribution in [0.5, 0.6) is 5.75 Å². The van der Waals surface area contributed by atoms with E-state index in [1.54, 1.807) is 33.0 Å². The quantitative estimate of drug-likeness (QED) is 0.0157. The molecule has 1 atom stereocenters. The van der Waals surface area contributed by atoms with Gasteiger partial charge >= 0.3 is 12.1 Å². The normalized spacial score (nSPS) is 11.6. The molecule has 20 heteroatoms. The third kappa shape index (κ3) is 22.5. The number of benzene rings is 3. The Labute approximate surface area is 415 Å². The number of carbonyl (C=O) groups is 4. The summed E-state index contributed by atoms with van der Waals surface area (Å²) >= 11 is 0. The highest BCUT2D eigenvalue weighted by Crippen LogP contribution is 2.35. The minimum Gasteiger partial charge on any atom is -0.491 e. The van der Waals surface area contributed by atoms with E-state index in [0.29, 0.717) is 104 Å². The van der Waals surface area contributed by atoms with E-state index in [9.17, 15) is 19.2 Å². The SMILES string of the molecule is COC(=O)C[C@H](NC(=O)CNC(=O)CCCN(C(=O)OC(C)(C)C)c1cc(C)ccn1)c1ccc(-c2ccc(OCCOCCOCCOCCOCCOCCOCCN=[N+]=[N-])c3ccccc23)cc1. The Hall–Kier alpha value is -6.38. The lowest BCUT2D eigenvalue weighted by molar-refractivity contribution is -0.141. The second kappa shape index (κ2) is 32.5. The Kier molecular flexibility index (Phi) is 26.2. The maximum atomic E-state index is 13.1. The van der Waals surface area contributed by atoms with Gasteiger partial charge < -0.3 is 53.3 Å². The van der Waals surface area contributed by atoms with Gasteiger partial charge in [-0.05, 0) is 85.5 Å². The topological polar surface area (TPSA) is 240 Å². The fourth-order valence-electron chi connectivity index (χ4n) is 6.80. The van der Waals surface area contributed by atoms with Crippen LogP contribution in [0.15, 0.2) is 84.1 Å². The first kappa shape index (κ1) is 57.2. The van der Waals surface area contributed by atoms with E-state index in [4.69, 9.17) is 48.2 Å². The molecule has 4 aromatic rings. The molecule has 0 aliphatic heterocycles. The van der Waals surface area contributed by atoms with E-state index in [0.717, 1.165) is 33.2 Å². The zero-order valence-corrected chi connectivity index (χ0v) is 41.6. The maximum absolute atomic E-state index is 13.1. The van der Waals surface area contributed by atoms with E-state index in [2.05, 4.69) is 25.6 Å². The van der Waals surface area contributed by atoms with Crippen molar-refractivity contribution in [1.29, 1.82) is 0 Å². The van der Waals surface area contributed by atoms with Crippen molar-refractivity contribution < 1.29 is 61.8 Å². The molecule has 386 valence electrons. The van der Waals surface area contributed by atoms with E-state index >= 15 is 0 Å². The Morgan fingerprint density at radius 3 is 1.92 bits per heavy atom. The molecular weight excluding hydrogens is 919 g/mol. The van der Waals surface area contributed by atoms with Crippen molar-refractivity contribution in [3.05, 3.63) is 101 Å². The smallest absolute Gasteiger partial charge is 0.416 e. The van der Waals surface area contributed by atoms with Crippen molar-refractivity contribution >= 4 is 40.5 Å². The van der Waals surface area contributed by atoms with E-state index in [1.165, 1.54) is 12.0 Å². The summed E-state index contributed by atoms with van der Waals surface area (Å²) in [4.78, 5) is 59.8. The lowest BCUT2D eigenvalue weighted by Crippen LogP contribution is -2.40. The molecule has 71 heavy (non-hydrogen) atoms. The molecule has 0 aliphatic rings. The predicted molar refractivity (Wildman–Crippen MR) is 266 cm³/mol. The number of anilines is 1. The molecule has 0 radical (unpaired) electrons. The number of ether oxygens (including phenoxy) is 9. The van der Waals surface area contributed by atoms with Gasteiger partial charge in [0.1, 0.15) is 23.8 Å². The number of nitrogens with zero attached hydrogens (tertiary/aromatic N) is 5. The summed E-state index contributed by atoms with van der Waals surface area (Å²) in [6.45, 7) is 12.9. The van der Waals surface area contributed by atoms with Crippen LogP contribution in [0.2, 0.25) is 0 Å². The number of nitrogens with one attached hydrogen (secondary N) is 2. The van der Waals surface area contributed by atoms with Crippen molar-refractivity contribution in [3.63, 3.8) is 0 Å². The maximum Gasteiger partial charge on any atom is 0.416 e. The zero-order chi connectivity index (χ0) is 51.1. The first-order valence-corrected chi connectivity index (χ1v) is 23.7. The zero-order valence-electron chi connectivity index (χ0n) is 41.6. The van der Waals surface area contributed by atoms with Gasteiger partial charge in [-0.2, -0.15) is 0 Å². The van der Waals surface area contributed by atoms with Gasteiger partial charge in [-0.25, -0.2) is 9.78 Å². The Morgan fingerprint density at radius 1 is 0.746 bits per heavy atom. The summed E-state index contributed by atoms with van der Waals surface area (Å²) < 4.78 is 49.6. The number of amides is 3. The Bertz CT molecular complexity index is 2290. The largest absolute Gasteiger partial charge is 0.491 e. The molecule has 0 saturated carbocycles. The van der Waals surface area contributed by atoms with Gasteiger partial charge in [0.05, 0.1) is 105 Å². The number of carbonyl (C=O) groups excluding carboxylic acids is 4. The van der Waals surface area contributed by atoms with Crippen molar-refractivity contribution in [1.82, 2.24) is 15.6 Å². The van der Waals surface area contributed by atoms with Crippen LogP contribution in [0.4, 0.5) is 10.6 Å². The summed E-state index contributed by atoms with van der Waals surface area (Å²) in [7, 11) is 1.28. The molecule has 20 nitrogen and oxygen atoms in total. The van der Waals surface area contributed by atoms with E-state index in [1.807, 2.05) is 73.7 Å². The number of aryl methyl sites for hydroxylation is 1. The number of fused-ring (bicyclic) bond motifs is 1. The minimum atomic E-state index is -0.726. The number of esters is 1. The van der Waals surface area contributed by atoms with Crippen LogP contribution in [0.1, 0.15) is 57.2 Å². The third-order valence-corrected chi connectivity index (χ3v) is 10.2. The highest BCUT2D eigenvalue weighted by molar-refractivity contribution is 6.00. The number of aromatic nitrogens is 1. The molecule has 0 aliphatic carbocycles. The van der Waals surface area contributed by atoms with Crippen molar-refractivity contribution in [3.8, 4) is 16.9 Å². The van der Waals surface area contributed by atoms with Crippen molar-refractivity contribution in [2.75, 3.05) is 118 Å². The summed E-state index contributed by atoms with van der Waals surface area (Å²) in [5, 5.41) is 10.8. The van der Waals surface area contributed by atoms with Crippen LogP contribution < -0.4 is 20.3 Å². The Morgan fingerprint density at radius 2 is 1.34 bits per heavy atom. The molecule has 0 spiro atoms. The summed E-state index contributed by atoms with van der Waals surface area (Å²) in [6.07, 6.45) is 1.23. The standard InChI is InChI=1S/C51H69N7O13/c1-38-18-19-53-46(35-38)58(50(62)71-51(2,3)4)21-8-11-47(59)54-37-48(60)56-44(36-49(61)63-5)40-14-12-39(13-15-40)41-16-17-45(43-10-7-6-9-42(41)43)70-34-33-69-32-31-68-30-29-67-28-27-66-26-25-65-24-23-64-22-20-55-57-52/h6-7,9-10,12-19,35,44H,8,11,20-34,36-37H2,1-5H3,(H,54,59)(H,56,60)/t44-/m0/s1. The molecule has 1 aromatic heterocycles. The molecule has 0 unspecified atom stereocenters. The molecule has 3 aromatic carbocycles. The number of rotatable bonds is 34. The summed E-state index contributed by atoms with van der Waals surface area (Å²) in [6, 6.07) is 22.3. The fourth-order valence-corrected chi connectivity index (χ4v) is 6.80. The van der Waals surface area contributed by atoms with Gasteiger partial charge in [0.2, 0.25) is 11.8 Å². The van der Waals surface area contributed by atoms with Gasteiger partial charge in [-0.15, -0.1) is 0 Å². The molecule has 3 amide bonds. The number of pyridine rings is 1. The van der Waals surface area contributed by atoms with E-state index in [-0.39, 0.29) is 38.3 Å². The van der Waals surface area contributed by atoms with Crippen molar-refractivity contribution in [2.24, 2.45) is 5.11 Å². The fraction of sp³-hybridized carbons (Fsp3) is 0.510. The van der Waals surface area contributed by atoms with Crippen LogP contribution in [-0.2, 0) is 52.3 Å². The first-order chi connectivity index (χ1) is 34.4. The van der Waals surface area contributed by atoms with Gasteiger partial charge in [0.25, 0.3) is 0 Å². The molecule has 4 rings (SSSR count). The van der Waals surface area contributed by atoms with Crippen LogP contribution in [0.25, 0.3) is 32.3 Å². The minimum absolute atomic E-state index is 0.0384. The average Bonchev–Trinajstić information content (AvgIpc) is 3.35. The van der Waals surface area contributed by atoms with Crippen LogP contribution >= 0.6 is 0 Å². The van der Waals surface area contributed by atoms with Crippen LogP contribution in [0.3, 0.4) is 0 Å². The lowest BCUT2D eigenvalue weighted by atomic mass is 9.95. The second-order valence-corrected chi connectivity index (χ2v) is 16.9. The number of hydrogen-bond donors (Lipinski definition) is 2. The number of hydrogen-bond acceptors (Lipinski definition) is 15. The second-order valence-electron chi connectivity index (χ2n) is 16.9. The monoisotopic (exact) mass is 987 g/mol. The molecule has 2 N–H and O–H groups in total. The summed E-state index contributed by atoms with van der Waals surface area (Å²) in [5.41, 5.74) is 11.0. The number of azide groups is 1. The van der Waals surface area contributed by atoms with Crippen LogP contribution in [0, 0.1) is 6.92 Å².